The summed E-state index contributed by atoms with van der Waals surface area (Å²) in [5.41, 5.74) is 2.53. The van der Waals surface area contributed by atoms with Gasteiger partial charge < -0.3 is 0 Å². The van der Waals surface area contributed by atoms with Crippen LogP contribution in [0.25, 0.3) is 6.08 Å². The normalized spacial score (nSPS) is 11.8. The summed E-state index contributed by atoms with van der Waals surface area (Å²) in [6.07, 6.45) is 4.11. The van der Waals surface area contributed by atoms with E-state index < -0.39 is 0 Å². The molecule has 13 heavy (non-hydrogen) atoms. The largest absolute Gasteiger partial charge is 0.0988 e. The minimum Gasteiger partial charge on any atom is -0.0988 e. The molecular formula is C13H16. The van der Waals surface area contributed by atoms with E-state index in [2.05, 4.69) is 38.6 Å². The Morgan fingerprint density at radius 2 is 1.85 bits per heavy atom. The molecule has 1 rings (SSSR count). The Balaban J connectivity index is 2.92. The topological polar surface area (TPSA) is 0 Å². The average molecular weight is 172 g/mol. The van der Waals surface area contributed by atoms with Crippen LogP contribution in [0.1, 0.15) is 19.4 Å². The van der Waals surface area contributed by atoms with Gasteiger partial charge in [0.05, 0.1) is 0 Å². The molecule has 0 saturated heterocycles. The molecule has 0 fully saturated rings. The van der Waals surface area contributed by atoms with E-state index in [0.29, 0.717) is 5.92 Å². The van der Waals surface area contributed by atoms with Crippen LogP contribution in [0, 0.1) is 5.92 Å². The molecule has 0 heteroatoms. The lowest BCUT2D eigenvalue weighted by Gasteiger charge is -2.05. The monoisotopic (exact) mass is 172 g/mol. The van der Waals surface area contributed by atoms with Gasteiger partial charge >= 0.3 is 0 Å². The first-order chi connectivity index (χ1) is 6.24. The van der Waals surface area contributed by atoms with Crippen molar-refractivity contribution in [1.29, 1.82) is 0 Å². The molecule has 0 aliphatic rings. The fraction of sp³-hybridized carbons (Fsp3) is 0.231. The molecule has 0 bridgehead atoms. The Morgan fingerprint density at radius 1 is 1.23 bits per heavy atom. The van der Waals surface area contributed by atoms with Crippen LogP contribution in [0.4, 0.5) is 0 Å². The Kier molecular flexibility index (Phi) is 3.51. The Hall–Kier alpha value is -1.30. The van der Waals surface area contributed by atoms with Gasteiger partial charge in [0.1, 0.15) is 0 Å². The summed E-state index contributed by atoms with van der Waals surface area (Å²) in [5.74, 6) is 0.540. The summed E-state index contributed by atoms with van der Waals surface area (Å²) in [5, 5.41) is 0. The quantitative estimate of drug-likeness (QED) is 0.606. The molecule has 0 amide bonds. The molecule has 0 atom stereocenters. The van der Waals surface area contributed by atoms with Gasteiger partial charge in [0, 0.05) is 0 Å². The van der Waals surface area contributed by atoms with E-state index >= 15 is 0 Å². The maximum atomic E-state index is 3.81. The van der Waals surface area contributed by atoms with Crippen LogP contribution in [0.5, 0.6) is 0 Å². The highest BCUT2D eigenvalue weighted by Crippen LogP contribution is 2.14. The van der Waals surface area contributed by atoms with Crippen molar-refractivity contribution in [3.63, 3.8) is 0 Å². The lowest BCUT2D eigenvalue weighted by Crippen LogP contribution is -1.89. The molecule has 0 spiro atoms. The van der Waals surface area contributed by atoms with Gasteiger partial charge in [0.25, 0.3) is 0 Å². The zero-order chi connectivity index (χ0) is 9.68. The predicted molar refractivity (Wildman–Crippen MR) is 59.5 cm³/mol. The highest BCUT2D eigenvalue weighted by Gasteiger charge is 1.97. The fourth-order valence-corrected chi connectivity index (χ4v) is 1.20. The smallest absolute Gasteiger partial charge is 0.0219 e. The van der Waals surface area contributed by atoms with Crippen LogP contribution in [0.15, 0.2) is 48.6 Å². The van der Waals surface area contributed by atoms with Crippen molar-refractivity contribution in [2.24, 2.45) is 5.92 Å². The van der Waals surface area contributed by atoms with Crippen LogP contribution in [-0.4, -0.2) is 0 Å². The first-order valence-electron chi connectivity index (χ1n) is 4.63. The number of rotatable bonds is 3. The zero-order valence-corrected chi connectivity index (χ0v) is 8.33. The third-order valence-corrected chi connectivity index (χ3v) is 2.04. The Labute approximate surface area is 80.6 Å². The van der Waals surface area contributed by atoms with Gasteiger partial charge in [-0.2, -0.15) is 0 Å². The second-order valence-corrected chi connectivity index (χ2v) is 3.41. The maximum Gasteiger partial charge on any atom is -0.0219 e. The molecule has 0 saturated carbocycles. The number of hydrogen-bond acceptors (Lipinski definition) is 0. The van der Waals surface area contributed by atoms with E-state index in [-0.39, 0.29) is 0 Å². The van der Waals surface area contributed by atoms with Crippen molar-refractivity contribution in [2.75, 3.05) is 0 Å². The van der Waals surface area contributed by atoms with Crippen molar-refractivity contribution in [2.45, 2.75) is 13.8 Å². The molecule has 1 aromatic rings. The molecule has 68 valence electrons. The standard InChI is InChI=1S/C13H16/c1-4-13(11(2)3)10-12-8-6-5-7-9-12/h4-11H,1H2,2-3H3/b13-10-. The van der Waals surface area contributed by atoms with Crippen molar-refractivity contribution in [3.8, 4) is 0 Å². The van der Waals surface area contributed by atoms with E-state index in [0.717, 1.165) is 0 Å². The summed E-state index contributed by atoms with van der Waals surface area (Å²) in [6.45, 7) is 8.16. The summed E-state index contributed by atoms with van der Waals surface area (Å²) < 4.78 is 0. The summed E-state index contributed by atoms with van der Waals surface area (Å²) in [6, 6.07) is 10.3. The van der Waals surface area contributed by atoms with Crippen LogP contribution in [0.2, 0.25) is 0 Å². The van der Waals surface area contributed by atoms with Gasteiger partial charge in [0.2, 0.25) is 0 Å². The van der Waals surface area contributed by atoms with Crippen molar-refractivity contribution in [3.05, 3.63) is 54.1 Å². The summed E-state index contributed by atoms with van der Waals surface area (Å²) in [4.78, 5) is 0. The Morgan fingerprint density at radius 3 is 2.31 bits per heavy atom. The first-order valence-corrected chi connectivity index (χ1v) is 4.63. The molecule has 0 aliphatic carbocycles. The van der Waals surface area contributed by atoms with Crippen LogP contribution < -0.4 is 0 Å². The van der Waals surface area contributed by atoms with Gasteiger partial charge in [-0.1, -0.05) is 62.9 Å². The van der Waals surface area contributed by atoms with Crippen LogP contribution in [0.3, 0.4) is 0 Å². The van der Waals surface area contributed by atoms with Crippen molar-refractivity contribution >= 4 is 6.08 Å². The van der Waals surface area contributed by atoms with Gasteiger partial charge in [-0.3, -0.25) is 0 Å². The number of hydrogen-bond donors (Lipinski definition) is 0. The molecule has 1 aromatic carbocycles. The number of benzene rings is 1. The third-order valence-electron chi connectivity index (χ3n) is 2.04. The highest BCUT2D eigenvalue weighted by atomic mass is 14.0. The van der Waals surface area contributed by atoms with Gasteiger partial charge in [-0.15, -0.1) is 0 Å². The Bertz CT molecular complexity index is 291. The van der Waals surface area contributed by atoms with Gasteiger partial charge in [0.15, 0.2) is 0 Å². The molecule has 0 aromatic heterocycles. The van der Waals surface area contributed by atoms with E-state index in [1.165, 1.54) is 11.1 Å². The predicted octanol–water partition coefficient (Wildman–Crippen LogP) is 3.91. The minimum absolute atomic E-state index is 0.540. The van der Waals surface area contributed by atoms with E-state index in [4.69, 9.17) is 0 Å². The second kappa shape index (κ2) is 4.66. The van der Waals surface area contributed by atoms with E-state index in [1.807, 2.05) is 24.3 Å². The highest BCUT2D eigenvalue weighted by molar-refractivity contribution is 5.55. The molecular weight excluding hydrogens is 156 g/mol. The average Bonchev–Trinajstić information content (AvgIpc) is 2.15. The zero-order valence-electron chi connectivity index (χ0n) is 8.33. The van der Waals surface area contributed by atoms with Crippen molar-refractivity contribution < 1.29 is 0 Å². The fourth-order valence-electron chi connectivity index (χ4n) is 1.20. The third kappa shape index (κ3) is 2.90. The summed E-state index contributed by atoms with van der Waals surface area (Å²) in [7, 11) is 0. The second-order valence-electron chi connectivity index (χ2n) is 3.41. The van der Waals surface area contributed by atoms with Gasteiger partial charge in [-0.25, -0.2) is 0 Å². The maximum absolute atomic E-state index is 3.81. The minimum atomic E-state index is 0.540. The summed E-state index contributed by atoms with van der Waals surface area (Å²) >= 11 is 0. The molecule has 0 heterocycles. The first kappa shape index (κ1) is 9.79. The van der Waals surface area contributed by atoms with E-state index in [1.54, 1.807) is 0 Å². The van der Waals surface area contributed by atoms with Crippen LogP contribution in [-0.2, 0) is 0 Å². The molecule has 0 radical (unpaired) electrons. The SMILES string of the molecule is C=C/C(=C/c1ccccc1)C(C)C. The molecule has 0 unspecified atom stereocenters. The lowest BCUT2D eigenvalue weighted by molar-refractivity contribution is 0.798. The molecule has 0 nitrogen and oxygen atoms in total. The van der Waals surface area contributed by atoms with Crippen LogP contribution >= 0.6 is 0 Å². The van der Waals surface area contributed by atoms with E-state index in [9.17, 15) is 0 Å². The van der Waals surface area contributed by atoms with Crippen molar-refractivity contribution in [1.82, 2.24) is 0 Å². The number of allylic oxidation sites excluding steroid dienone is 2. The van der Waals surface area contributed by atoms with Gasteiger partial charge in [-0.05, 0) is 17.1 Å². The lowest BCUT2D eigenvalue weighted by atomic mass is 10.0. The molecule has 0 aliphatic heterocycles. The molecule has 0 N–H and O–H groups in total.